The number of nitrogens with one attached hydrogen (secondary N) is 1. The molecule has 72 valence electrons. The summed E-state index contributed by atoms with van der Waals surface area (Å²) in [6.07, 6.45) is 0. The van der Waals surface area contributed by atoms with E-state index in [4.69, 9.17) is 12.2 Å². The highest BCUT2D eigenvalue weighted by atomic mass is 32.1. The second kappa shape index (κ2) is 4.58. The van der Waals surface area contributed by atoms with E-state index in [0.29, 0.717) is 6.04 Å². The molecule has 2 nitrogen and oxygen atoms in total. The van der Waals surface area contributed by atoms with Crippen molar-refractivity contribution in [1.82, 2.24) is 4.90 Å². The maximum absolute atomic E-state index is 5.22. The summed E-state index contributed by atoms with van der Waals surface area (Å²) in [6.45, 7) is 4.23. The minimum atomic E-state index is 0.429. The van der Waals surface area contributed by atoms with Gasteiger partial charge in [0.05, 0.1) is 5.69 Å². The number of thiocarbonyl (C=S) groups is 1. The first-order valence-corrected chi connectivity index (χ1v) is 5.52. The first-order chi connectivity index (χ1) is 6.11. The predicted octanol–water partition coefficient (Wildman–Crippen LogP) is 2.79. The van der Waals surface area contributed by atoms with E-state index in [1.54, 1.807) is 11.3 Å². The van der Waals surface area contributed by atoms with Crippen LogP contribution in [0.2, 0.25) is 0 Å². The maximum Gasteiger partial charge on any atom is 0.173 e. The molecule has 1 heterocycles. The normalized spacial score (nSPS) is 10.2. The zero-order valence-electron chi connectivity index (χ0n) is 8.07. The molecule has 0 amide bonds. The van der Waals surface area contributed by atoms with Crippen LogP contribution in [-0.2, 0) is 0 Å². The summed E-state index contributed by atoms with van der Waals surface area (Å²) < 4.78 is 0. The Hall–Kier alpha value is -0.610. The van der Waals surface area contributed by atoms with Crippen LogP contribution < -0.4 is 5.32 Å². The van der Waals surface area contributed by atoms with Crippen LogP contribution >= 0.6 is 23.6 Å². The van der Waals surface area contributed by atoms with Crippen molar-refractivity contribution in [2.45, 2.75) is 19.9 Å². The van der Waals surface area contributed by atoms with Gasteiger partial charge in [0.2, 0.25) is 0 Å². The Kier molecular flexibility index (Phi) is 3.69. The van der Waals surface area contributed by atoms with Crippen molar-refractivity contribution in [2.75, 3.05) is 12.4 Å². The van der Waals surface area contributed by atoms with Crippen molar-refractivity contribution in [3.05, 3.63) is 16.8 Å². The van der Waals surface area contributed by atoms with Crippen LogP contribution in [0, 0.1) is 0 Å². The van der Waals surface area contributed by atoms with E-state index in [0.717, 1.165) is 10.8 Å². The molecule has 0 unspecified atom stereocenters. The third kappa shape index (κ3) is 2.97. The van der Waals surface area contributed by atoms with Gasteiger partial charge in [0, 0.05) is 18.5 Å². The number of nitrogens with zero attached hydrogens (tertiary/aromatic N) is 1. The summed E-state index contributed by atoms with van der Waals surface area (Å²) in [6, 6.07) is 2.45. The monoisotopic (exact) mass is 214 g/mol. The fraction of sp³-hybridized carbons (Fsp3) is 0.444. The van der Waals surface area contributed by atoms with Crippen molar-refractivity contribution >= 4 is 34.4 Å². The molecular formula is C9H14N2S2. The number of hydrogen-bond acceptors (Lipinski definition) is 2. The van der Waals surface area contributed by atoms with Crippen LogP contribution in [0.5, 0.6) is 0 Å². The lowest BCUT2D eigenvalue weighted by molar-refractivity contribution is 0.423. The van der Waals surface area contributed by atoms with Gasteiger partial charge in [-0.3, -0.25) is 0 Å². The summed E-state index contributed by atoms with van der Waals surface area (Å²) in [7, 11) is 1.99. The van der Waals surface area contributed by atoms with Gasteiger partial charge in [0.25, 0.3) is 0 Å². The second-order valence-electron chi connectivity index (χ2n) is 3.15. The zero-order valence-corrected chi connectivity index (χ0v) is 9.71. The van der Waals surface area contributed by atoms with Gasteiger partial charge in [-0.05, 0) is 37.5 Å². The summed E-state index contributed by atoms with van der Waals surface area (Å²) >= 11 is 6.88. The Morgan fingerprint density at radius 1 is 1.62 bits per heavy atom. The van der Waals surface area contributed by atoms with Crippen molar-refractivity contribution in [3.63, 3.8) is 0 Å². The molecule has 0 aliphatic heterocycles. The molecule has 0 fully saturated rings. The van der Waals surface area contributed by atoms with Gasteiger partial charge in [-0.2, -0.15) is 11.3 Å². The molecule has 0 atom stereocenters. The average molecular weight is 214 g/mol. The van der Waals surface area contributed by atoms with Gasteiger partial charge < -0.3 is 10.2 Å². The van der Waals surface area contributed by atoms with Gasteiger partial charge in [0.1, 0.15) is 0 Å². The standard InChI is InChI=1S/C9H14N2S2/c1-7(2)11(3)9(12)10-8-4-5-13-6-8/h4-7H,1-3H3,(H,10,12). The van der Waals surface area contributed by atoms with E-state index in [1.807, 2.05) is 28.8 Å². The maximum atomic E-state index is 5.22. The fourth-order valence-electron chi connectivity index (χ4n) is 0.782. The van der Waals surface area contributed by atoms with Crippen LogP contribution in [0.1, 0.15) is 13.8 Å². The Bertz CT molecular complexity index is 267. The molecule has 1 aromatic heterocycles. The van der Waals surface area contributed by atoms with E-state index < -0.39 is 0 Å². The molecule has 0 radical (unpaired) electrons. The van der Waals surface area contributed by atoms with Crippen LogP contribution in [0.4, 0.5) is 5.69 Å². The fourth-order valence-corrected chi connectivity index (χ4v) is 1.70. The molecule has 13 heavy (non-hydrogen) atoms. The quantitative estimate of drug-likeness (QED) is 0.762. The lowest BCUT2D eigenvalue weighted by atomic mass is 10.4. The molecule has 1 aromatic rings. The molecule has 0 spiro atoms. The smallest absolute Gasteiger partial charge is 0.173 e. The highest BCUT2D eigenvalue weighted by molar-refractivity contribution is 7.80. The predicted molar refractivity (Wildman–Crippen MR) is 63.4 cm³/mol. The average Bonchev–Trinajstić information content (AvgIpc) is 2.55. The Morgan fingerprint density at radius 2 is 2.31 bits per heavy atom. The summed E-state index contributed by atoms with van der Waals surface area (Å²) in [5.74, 6) is 0. The molecule has 0 saturated heterocycles. The van der Waals surface area contributed by atoms with E-state index in [2.05, 4.69) is 19.2 Å². The molecule has 0 bridgehead atoms. The third-order valence-electron chi connectivity index (χ3n) is 1.87. The van der Waals surface area contributed by atoms with Gasteiger partial charge >= 0.3 is 0 Å². The minimum absolute atomic E-state index is 0.429. The first kappa shape index (κ1) is 10.5. The summed E-state index contributed by atoms with van der Waals surface area (Å²) in [5, 5.41) is 8.01. The number of rotatable bonds is 2. The third-order valence-corrected chi connectivity index (χ3v) is 2.94. The highest BCUT2D eigenvalue weighted by Gasteiger charge is 2.07. The number of thiophene rings is 1. The molecular weight excluding hydrogens is 200 g/mol. The van der Waals surface area contributed by atoms with Gasteiger partial charge in [-0.1, -0.05) is 0 Å². The molecule has 0 aromatic carbocycles. The van der Waals surface area contributed by atoms with E-state index in [-0.39, 0.29) is 0 Å². The number of anilines is 1. The van der Waals surface area contributed by atoms with E-state index in [9.17, 15) is 0 Å². The Labute approximate surface area is 88.6 Å². The lowest BCUT2D eigenvalue weighted by Crippen LogP contribution is -2.36. The van der Waals surface area contributed by atoms with Crippen molar-refractivity contribution < 1.29 is 0 Å². The first-order valence-electron chi connectivity index (χ1n) is 4.17. The lowest BCUT2D eigenvalue weighted by Gasteiger charge is -2.24. The van der Waals surface area contributed by atoms with Crippen LogP contribution in [0.25, 0.3) is 0 Å². The van der Waals surface area contributed by atoms with Crippen molar-refractivity contribution in [3.8, 4) is 0 Å². The summed E-state index contributed by atoms with van der Waals surface area (Å²) in [5.41, 5.74) is 1.07. The van der Waals surface area contributed by atoms with Gasteiger partial charge in [-0.15, -0.1) is 0 Å². The van der Waals surface area contributed by atoms with Gasteiger partial charge in [0.15, 0.2) is 5.11 Å². The number of hydrogen-bond donors (Lipinski definition) is 1. The minimum Gasteiger partial charge on any atom is -0.350 e. The Morgan fingerprint density at radius 3 is 2.77 bits per heavy atom. The molecule has 1 N–H and O–H groups in total. The molecule has 1 rings (SSSR count). The highest BCUT2D eigenvalue weighted by Crippen LogP contribution is 2.12. The summed E-state index contributed by atoms with van der Waals surface area (Å²) in [4.78, 5) is 2.03. The molecule has 4 heteroatoms. The van der Waals surface area contributed by atoms with Crippen molar-refractivity contribution in [2.24, 2.45) is 0 Å². The molecule has 0 aliphatic carbocycles. The largest absolute Gasteiger partial charge is 0.350 e. The molecule has 0 aliphatic rings. The topological polar surface area (TPSA) is 15.3 Å². The molecule has 0 saturated carbocycles. The second-order valence-corrected chi connectivity index (χ2v) is 4.31. The SMILES string of the molecule is CC(C)N(C)C(=S)Nc1ccsc1. The Balaban J connectivity index is 2.51. The van der Waals surface area contributed by atoms with E-state index >= 15 is 0 Å². The van der Waals surface area contributed by atoms with Crippen molar-refractivity contribution in [1.29, 1.82) is 0 Å². The van der Waals surface area contributed by atoms with Gasteiger partial charge in [-0.25, -0.2) is 0 Å². The van der Waals surface area contributed by atoms with Crippen LogP contribution in [-0.4, -0.2) is 23.1 Å². The van der Waals surface area contributed by atoms with Crippen LogP contribution in [0.15, 0.2) is 16.8 Å². The zero-order chi connectivity index (χ0) is 9.84. The van der Waals surface area contributed by atoms with E-state index in [1.165, 1.54) is 0 Å². The van der Waals surface area contributed by atoms with Crippen LogP contribution in [0.3, 0.4) is 0 Å².